The normalized spacial score (nSPS) is 11.9. The van der Waals surface area contributed by atoms with Gasteiger partial charge in [0.2, 0.25) is 5.91 Å². The lowest BCUT2D eigenvalue weighted by Crippen LogP contribution is -2.42. The Morgan fingerprint density at radius 1 is 0.941 bits per heavy atom. The van der Waals surface area contributed by atoms with Crippen molar-refractivity contribution in [3.8, 4) is 0 Å². The minimum Gasteiger partial charge on any atom is -0.481 e. The summed E-state index contributed by atoms with van der Waals surface area (Å²) in [7, 11) is 0. The van der Waals surface area contributed by atoms with Crippen LogP contribution in [-0.2, 0) is 42.1 Å². The number of aliphatic carboxylic acids is 1. The highest BCUT2D eigenvalue weighted by Crippen LogP contribution is 2.20. The topological polar surface area (TPSA) is 209 Å². The second-order valence-electron chi connectivity index (χ2n) is 12.6. The standard InChI is InChI=1S/C37H50N8O6/c1-3-19-45-36(50)33-35(42-30(43(33)21-18-40-4-2)22-25-11-7-5-8-12-25)44(37(45)51)20-16-26-14-15-27(23-28(26)39)34(49)29(24-32(47)48)41-31(46)13-9-6-10-17-38/h5,7-8,11-12,14-15,23,29,40H,3-4,6,9-10,13,16-22,24,38-39H2,1-2H3,(H,41,46)(H,47,48). The number of nitrogens with zero attached hydrogens (tertiary/aromatic N) is 4. The zero-order valence-corrected chi connectivity index (χ0v) is 29.5. The number of ketones is 1. The predicted octanol–water partition coefficient (Wildman–Crippen LogP) is 2.46. The van der Waals surface area contributed by atoms with Crippen LogP contribution < -0.4 is 33.3 Å². The molecule has 0 saturated heterocycles. The maximum absolute atomic E-state index is 13.9. The lowest BCUT2D eigenvalue weighted by atomic mass is 9.98. The Hall–Kier alpha value is -5.08. The molecule has 1 atom stereocenters. The SMILES string of the molecule is CCCn1c(=O)c2c(nc(Cc3ccccc3)n2CCNCC)n(CCc2ccc(C(=O)C(CC(=O)O)NC(=O)CCCCCN)cc2N)c1=O. The molecule has 4 rings (SSSR count). The third-order valence-corrected chi connectivity index (χ3v) is 8.78. The summed E-state index contributed by atoms with van der Waals surface area (Å²) in [6.45, 7) is 6.72. The summed E-state index contributed by atoms with van der Waals surface area (Å²) < 4.78 is 4.70. The van der Waals surface area contributed by atoms with Crippen molar-refractivity contribution < 1.29 is 19.5 Å². The number of carboxylic acids is 1. The van der Waals surface area contributed by atoms with Crippen LogP contribution in [0.5, 0.6) is 0 Å². The van der Waals surface area contributed by atoms with E-state index >= 15 is 0 Å². The number of nitrogens with two attached hydrogens (primary N) is 2. The summed E-state index contributed by atoms with van der Waals surface area (Å²) in [4.78, 5) is 70.0. The highest BCUT2D eigenvalue weighted by molar-refractivity contribution is 6.04. The average Bonchev–Trinajstić information content (AvgIpc) is 3.46. The molecule has 14 nitrogen and oxygen atoms in total. The van der Waals surface area contributed by atoms with E-state index in [2.05, 4.69) is 10.6 Å². The van der Waals surface area contributed by atoms with Crippen molar-refractivity contribution in [2.24, 2.45) is 5.73 Å². The lowest BCUT2D eigenvalue weighted by Gasteiger charge is -2.17. The van der Waals surface area contributed by atoms with Crippen molar-refractivity contribution in [3.63, 3.8) is 0 Å². The molecule has 0 aliphatic carbocycles. The molecule has 0 fully saturated rings. The van der Waals surface area contributed by atoms with Gasteiger partial charge < -0.3 is 31.8 Å². The summed E-state index contributed by atoms with van der Waals surface area (Å²) >= 11 is 0. The fourth-order valence-electron chi connectivity index (χ4n) is 6.15. The second kappa shape index (κ2) is 18.8. The van der Waals surface area contributed by atoms with Gasteiger partial charge in [0, 0.05) is 50.3 Å². The van der Waals surface area contributed by atoms with Crippen LogP contribution in [0.1, 0.15) is 79.7 Å². The van der Waals surface area contributed by atoms with Crippen molar-refractivity contribution in [1.29, 1.82) is 0 Å². The Bertz CT molecular complexity index is 1930. The zero-order chi connectivity index (χ0) is 36.9. The number of amides is 1. The van der Waals surface area contributed by atoms with Gasteiger partial charge in [0.15, 0.2) is 16.9 Å². The van der Waals surface area contributed by atoms with E-state index in [4.69, 9.17) is 16.5 Å². The van der Waals surface area contributed by atoms with Crippen LogP contribution in [-0.4, -0.2) is 67.1 Å². The molecule has 2 aromatic heterocycles. The van der Waals surface area contributed by atoms with Gasteiger partial charge in [-0.05, 0) is 56.0 Å². The second-order valence-corrected chi connectivity index (χ2v) is 12.6. The molecule has 0 aliphatic rings. The molecular weight excluding hydrogens is 652 g/mol. The van der Waals surface area contributed by atoms with Gasteiger partial charge in [-0.15, -0.1) is 0 Å². The zero-order valence-electron chi connectivity index (χ0n) is 29.5. The molecule has 0 bridgehead atoms. The van der Waals surface area contributed by atoms with Crippen molar-refractivity contribution in [2.75, 3.05) is 25.4 Å². The smallest absolute Gasteiger partial charge is 0.332 e. The minimum atomic E-state index is -1.26. The predicted molar refractivity (Wildman–Crippen MR) is 197 cm³/mol. The van der Waals surface area contributed by atoms with Crippen molar-refractivity contribution in [3.05, 3.63) is 91.9 Å². The molecule has 51 heavy (non-hydrogen) atoms. The lowest BCUT2D eigenvalue weighted by molar-refractivity contribution is -0.137. The molecule has 1 amide bonds. The first-order chi connectivity index (χ1) is 24.6. The summed E-state index contributed by atoms with van der Waals surface area (Å²) in [5.74, 6) is -1.52. The van der Waals surface area contributed by atoms with Gasteiger partial charge in [0.05, 0.1) is 6.42 Å². The number of likely N-dealkylation sites (N-methyl/N-ethyl adjacent to an activating group) is 1. The van der Waals surface area contributed by atoms with E-state index in [9.17, 15) is 29.1 Å². The number of carbonyl (C=O) groups is 3. The van der Waals surface area contributed by atoms with E-state index in [1.54, 1.807) is 12.1 Å². The summed E-state index contributed by atoms with van der Waals surface area (Å²) in [6, 6.07) is 13.2. The number of nitrogen functional groups attached to an aromatic ring is 1. The number of aromatic nitrogens is 4. The largest absolute Gasteiger partial charge is 0.481 e. The number of unbranched alkanes of at least 4 members (excludes halogenated alkanes) is 2. The molecule has 4 aromatic rings. The third kappa shape index (κ3) is 10.0. The molecule has 2 aromatic carbocycles. The summed E-state index contributed by atoms with van der Waals surface area (Å²) in [5.41, 5.74) is 13.9. The fourth-order valence-corrected chi connectivity index (χ4v) is 6.15. The van der Waals surface area contributed by atoms with Gasteiger partial charge in [-0.2, -0.15) is 0 Å². The van der Waals surface area contributed by atoms with Crippen LogP contribution in [0.2, 0.25) is 0 Å². The highest BCUT2D eigenvalue weighted by Gasteiger charge is 2.26. The Balaban J connectivity index is 1.65. The minimum absolute atomic E-state index is 0.157. The van der Waals surface area contributed by atoms with Crippen LogP contribution >= 0.6 is 0 Å². The van der Waals surface area contributed by atoms with Crippen LogP contribution in [0.4, 0.5) is 5.69 Å². The number of Topliss-reactive ketones (excluding diaryl/α,β-unsaturated/α-hetero) is 1. The van der Waals surface area contributed by atoms with E-state index in [1.165, 1.54) is 15.2 Å². The third-order valence-electron chi connectivity index (χ3n) is 8.78. The Morgan fingerprint density at radius 2 is 1.71 bits per heavy atom. The molecule has 1 unspecified atom stereocenters. The molecule has 0 spiro atoms. The first-order valence-electron chi connectivity index (χ1n) is 17.7. The fraction of sp³-hybridized carbons (Fsp3) is 0.459. The van der Waals surface area contributed by atoms with Gasteiger partial charge >= 0.3 is 11.7 Å². The number of imidazole rings is 1. The molecule has 0 radical (unpaired) electrons. The highest BCUT2D eigenvalue weighted by atomic mass is 16.4. The van der Waals surface area contributed by atoms with Crippen molar-refractivity contribution in [2.45, 2.75) is 90.9 Å². The number of anilines is 1. The molecular formula is C37H50N8O6. The summed E-state index contributed by atoms with van der Waals surface area (Å²) in [5, 5.41) is 15.3. The van der Waals surface area contributed by atoms with Gasteiger partial charge in [0.1, 0.15) is 11.9 Å². The maximum Gasteiger partial charge on any atom is 0.332 e. The van der Waals surface area contributed by atoms with Crippen LogP contribution in [0.15, 0.2) is 58.1 Å². The summed E-state index contributed by atoms with van der Waals surface area (Å²) in [6.07, 6.45) is 3.04. The maximum atomic E-state index is 13.9. The number of rotatable bonds is 21. The molecule has 7 N–H and O–H groups in total. The van der Waals surface area contributed by atoms with Crippen LogP contribution in [0.3, 0.4) is 0 Å². The first kappa shape index (κ1) is 38.7. The Kier molecular flexibility index (Phi) is 14.3. The Labute approximate surface area is 296 Å². The number of hydrogen-bond acceptors (Lipinski definition) is 9. The van der Waals surface area contributed by atoms with Gasteiger partial charge in [-0.3, -0.25) is 28.3 Å². The van der Waals surface area contributed by atoms with E-state index in [1.807, 2.05) is 48.7 Å². The number of aryl methyl sites for hydroxylation is 2. The molecule has 0 aliphatic heterocycles. The quantitative estimate of drug-likeness (QED) is 0.0487. The first-order valence-corrected chi connectivity index (χ1v) is 17.7. The monoisotopic (exact) mass is 702 g/mol. The number of nitrogens with one attached hydrogen (secondary N) is 2. The van der Waals surface area contributed by atoms with Crippen molar-refractivity contribution >= 4 is 34.5 Å². The Morgan fingerprint density at radius 3 is 2.37 bits per heavy atom. The number of benzene rings is 2. The van der Waals surface area contributed by atoms with Gasteiger partial charge in [-0.25, -0.2) is 9.78 Å². The van der Waals surface area contributed by atoms with E-state index in [-0.39, 0.29) is 42.7 Å². The molecule has 2 heterocycles. The number of hydrogen-bond donors (Lipinski definition) is 5. The van der Waals surface area contributed by atoms with Crippen LogP contribution in [0.25, 0.3) is 11.2 Å². The van der Waals surface area contributed by atoms with E-state index in [0.717, 1.165) is 24.9 Å². The molecule has 14 heteroatoms. The van der Waals surface area contributed by atoms with Gasteiger partial charge in [0.25, 0.3) is 5.56 Å². The number of carbonyl (C=O) groups excluding carboxylic acids is 2. The number of fused-ring (bicyclic) bond motifs is 1. The van der Waals surface area contributed by atoms with E-state index in [0.29, 0.717) is 61.4 Å². The number of carboxylic acid groups (broad SMARTS) is 1. The van der Waals surface area contributed by atoms with Crippen molar-refractivity contribution in [1.82, 2.24) is 29.3 Å². The molecule has 274 valence electrons. The molecule has 0 saturated carbocycles. The van der Waals surface area contributed by atoms with E-state index < -0.39 is 35.8 Å². The van der Waals surface area contributed by atoms with Crippen LogP contribution in [0, 0.1) is 0 Å². The van der Waals surface area contributed by atoms with Gasteiger partial charge in [-0.1, -0.05) is 62.7 Å². The average molecular weight is 703 g/mol.